The van der Waals surface area contributed by atoms with Gasteiger partial charge in [-0.15, -0.1) is 0 Å². The molecule has 8 nitrogen and oxygen atoms in total. The number of carbonyl (C=O) groups is 1. The summed E-state index contributed by atoms with van der Waals surface area (Å²) in [6.45, 7) is 3.75. The van der Waals surface area contributed by atoms with E-state index in [-0.39, 0.29) is 5.91 Å². The summed E-state index contributed by atoms with van der Waals surface area (Å²) in [4.78, 5) is 27.5. The maximum atomic E-state index is 13.5. The van der Waals surface area contributed by atoms with Gasteiger partial charge in [0, 0.05) is 30.4 Å². The van der Waals surface area contributed by atoms with Crippen LogP contribution in [0.25, 0.3) is 11.4 Å². The summed E-state index contributed by atoms with van der Waals surface area (Å²) in [6.07, 6.45) is 5.15. The van der Waals surface area contributed by atoms with Crippen molar-refractivity contribution < 1.29 is 13.9 Å². The van der Waals surface area contributed by atoms with Gasteiger partial charge >= 0.3 is 0 Å². The number of halogens is 1. The molecule has 2 N–H and O–H groups in total. The van der Waals surface area contributed by atoms with Crippen LogP contribution in [0.15, 0.2) is 48.8 Å². The third-order valence-electron chi connectivity index (χ3n) is 5.54. The second-order valence-corrected chi connectivity index (χ2v) is 7.84. The van der Waals surface area contributed by atoms with Crippen LogP contribution >= 0.6 is 0 Å². The number of amides is 1. The highest BCUT2D eigenvalue weighted by atomic mass is 19.1. The minimum absolute atomic E-state index is 0.0931. The van der Waals surface area contributed by atoms with Crippen molar-refractivity contribution in [2.45, 2.75) is 19.3 Å². The first-order valence-electron chi connectivity index (χ1n) is 11.0. The van der Waals surface area contributed by atoms with E-state index in [1.54, 1.807) is 30.3 Å². The van der Waals surface area contributed by atoms with Gasteiger partial charge in [-0.2, -0.15) is 4.98 Å². The predicted molar refractivity (Wildman–Crippen MR) is 124 cm³/mol. The average Bonchev–Trinajstić information content (AvgIpc) is 2.85. The van der Waals surface area contributed by atoms with Crippen LogP contribution in [0.5, 0.6) is 5.75 Å². The lowest BCUT2D eigenvalue weighted by Gasteiger charge is -2.26. The second kappa shape index (κ2) is 10.8. The molecule has 0 spiro atoms. The molecule has 172 valence electrons. The van der Waals surface area contributed by atoms with Gasteiger partial charge in [0.25, 0.3) is 5.91 Å². The molecule has 1 amide bonds. The van der Waals surface area contributed by atoms with E-state index in [4.69, 9.17) is 4.74 Å². The number of carbonyl (C=O) groups excluding carboxylic acids is 1. The van der Waals surface area contributed by atoms with Crippen molar-refractivity contribution in [3.8, 4) is 17.1 Å². The number of hydrogen-bond acceptors (Lipinski definition) is 7. The molecule has 0 saturated carbocycles. The fraction of sp³-hybridized carbons (Fsp3) is 0.333. The molecule has 1 aliphatic heterocycles. The lowest BCUT2D eigenvalue weighted by atomic mass is 10.1. The zero-order valence-electron chi connectivity index (χ0n) is 18.6. The predicted octanol–water partition coefficient (Wildman–Crippen LogP) is 3.65. The second-order valence-electron chi connectivity index (χ2n) is 7.84. The number of nitrogens with one attached hydrogen (secondary N) is 2. The number of rotatable bonds is 8. The molecule has 2 heterocycles. The van der Waals surface area contributed by atoms with Crippen LogP contribution in [0.4, 0.5) is 16.0 Å². The van der Waals surface area contributed by atoms with E-state index in [9.17, 15) is 9.18 Å². The van der Waals surface area contributed by atoms with Crippen LogP contribution < -0.4 is 15.4 Å². The van der Waals surface area contributed by atoms with Crippen molar-refractivity contribution in [3.05, 3.63) is 60.2 Å². The molecular weight excluding hydrogens is 423 g/mol. The zero-order valence-corrected chi connectivity index (χ0v) is 18.6. The first-order chi connectivity index (χ1) is 16.1. The summed E-state index contributed by atoms with van der Waals surface area (Å²) >= 11 is 0. The van der Waals surface area contributed by atoms with Crippen molar-refractivity contribution in [1.82, 2.24) is 25.2 Å². The Labute approximate surface area is 192 Å². The van der Waals surface area contributed by atoms with Crippen LogP contribution in [0.1, 0.15) is 29.6 Å². The maximum absolute atomic E-state index is 13.5. The number of methoxy groups -OCH3 is 1. The normalized spacial score (nSPS) is 14.0. The third kappa shape index (κ3) is 6.01. The van der Waals surface area contributed by atoms with E-state index in [2.05, 4.69) is 30.5 Å². The summed E-state index contributed by atoms with van der Waals surface area (Å²) in [5.41, 5.74) is 1.87. The highest BCUT2D eigenvalue weighted by Gasteiger charge is 2.13. The summed E-state index contributed by atoms with van der Waals surface area (Å²) in [6, 6.07) is 11.3. The number of likely N-dealkylation sites (tertiary alicyclic amines) is 1. The molecule has 1 saturated heterocycles. The Morgan fingerprint density at radius 3 is 2.64 bits per heavy atom. The van der Waals surface area contributed by atoms with Gasteiger partial charge in [0.15, 0.2) is 5.82 Å². The number of aromatic nitrogens is 3. The maximum Gasteiger partial charge on any atom is 0.251 e. The number of benzene rings is 2. The van der Waals surface area contributed by atoms with Gasteiger partial charge in [0.05, 0.1) is 12.7 Å². The van der Waals surface area contributed by atoms with Gasteiger partial charge in [-0.1, -0.05) is 6.42 Å². The summed E-state index contributed by atoms with van der Waals surface area (Å²) in [7, 11) is 1.46. The van der Waals surface area contributed by atoms with Crippen molar-refractivity contribution in [3.63, 3.8) is 0 Å². The van der Waals surface area contributed by atoms with Gasteiger partial charge in [0.1, 0.15) is 17.9 Å². The minimum Gasteiger partial charge on any atom is -0.496 e. The Kier molecular flexibility index (Phi) is 7.41. The molecular formula is C24H27FN6O2. The molecule has 0 bridgehead atoms. The van der Waals surface area contributed by atoms with Crippen LogP contribution in [0.3, 0.4) is 0 Å². The zero-order chi connectivity index (χ0) is 23.0. The van der Waals surface area contributed by atoms with E-state index in [0.717, 1.165) is 25.3 Å². The van der Waals surface area contributed by atoms with Gasteiger partial charge in [-0.3, -0.25) is 4.79 Å². The Morgan fingerprint density at radius 1 is 1.09 bits per heavy atom. The van der Waals surface area contributed by atoms with Gasteiger partial charge in [-0.05, 0) is 62.3 Å². The topological polar surface area (TPSA) is 92.3 Å². The molecule has 0 atom stereocenters. The van der Waals surface area contributed by atoms with Crippen LogP contribution in [0.2, 0.25) is 0 Å². The smallest absolute Gasteiger partial charge is 0.251 e. The third-order valence-corrected chi connectivity index (χ3v) is 5.54. The van der Waals surface area contributed by atoms with E-state index < -0.39 is 5.82 Å². The van der Waals surface area contributed by atoms with E-state index >= 15 is 0 Å². The number of hydrogen-bond donors (Lipinski definition) is 2. The Hall–Kier alpha value is -3.59. The Bertz CT molecular complexity index is 1090. The van der Waals surface area contributed by atoms with E-state index in [0.29, 0.717) is 35.2 Å². The van der Waals surface area contributed by atoms with Crippen molar-refractivity contribution in [1.29, 1.82) is 0 Å². The first kappa shape index (κ1) is 22.6. The summed E-state index contributed by atoms with van der Waals surface area (Å²) in [5, 5.41) is 6.08. The number of nitrogens with zero attached hydrogens (tertiary/aromatic N) is 4. The monoisotopic (exact) mass is 450 g/mol. The SMILES string of the molecule is COc1cc(F)ccc1-c1ncnc(Nc2ccc(C(=O)NCCN3CCCCC3)cc2)n1. The summed E-state index contributed by atoms with van der Waals surface area (Å²) < 4.78 is 18.7. The van der Waals surface area contributed by atoms with Crippen LogP contribution in [-0.4, -0.2) is 59.0 Å². The number of anilines is 2. The molecule has 0 unspecified atom stereocenters. The summed E-state index contributed by atoms with van der Waals surface area (Å²) in [5.74, 6) is 0.519. The molecule has 1 aromatic heterocycles. The highest BCUT2D eigenvalue weighted by Crippen LogP contribution is 2.28. The molecule has 2 aromatic carbocycles. The molecule has 4 rings (SSSR count). The van der Waals surface area contributed by atoms with E-state index in [1.807, 2.05) is 0 Å². The van der Waals surface area contributed by atoms with Gasteiger partial charge < -0.3 is 20.3 Å². The van der Waals surface area contributed by atoms with Crippen LogP contribution in [0, 0.1) is 5.82 Å². The fourth-order valence-electron chi connectivity index (χ4n) is 3.78. The lowest BCUT2D eigenvalue weighted by molar-refractivity contribution is 0.0946. The fourth-order valence-corrected chi connectivity index (χ4v) is 3.78. The molecule has 33 heavy (non-hydrogen) atoms. The van der Waals surface area contributed by atoms with Crippen molar-refractivity contribution >= 4 is 17.5 Å². The molecule has 1 aliphatic rings. The number of piperidine rings is 1. The molecule has 9 heteroatoms. The largest absolute Gasteiger partial charge is 0.496 e. The standard InChI is InChI=1S/C24H27FN6O2/c1-33-21-15-18(25)7-10-20(21)22-27-16-28-24(30-22)29-19-8-5-17(6-9-19)23(32)26-11-14-31-12-3-2-4-13-31/h5-10,15-16H,2-4,11-14H2,1H3,(H,26,32)(H,27,28,29,30). The van der Waals surface area contributed by atoms with E-state index in [1.165, 1.54) is 44.8 Å². The van der Waals surface area contributed by atoms with Crippen LogP contribution in [-0.2, 0) is 0 Å². The van der Waals surface area contributed by atoms with Crippen molar-refractivity contribution in [2.24, 2.45) is 0 Å². The molecule has 0 radical (unpaired) electrons. The molecule has 0 aliphatic carbocycles. The quantitative estimate of drug-likeness (QED) is 0.541. The van der Waals surface area contributed by atoms with Gasteiger partial charge in [0.2, 0.25) is 5.95 Å². The minimum atomic E-state index is -0.404. The lowest BCUT2D eigenvalue weighted by Crippen LogP contribution is -2.37. The average molecular weight is 451 g/mol. The number of ether oxygens (including phenoxy) is 1. The Morgan fingerprint density at radius 2 is 1.88 bits per heavy atom. The Balaban J connectivity index is 1.36. The first-order valence-corrected chi connectivity index (χ1v) is 11.0. The van der Waals surface area contributed by atoms with Gasteiger partial charge in [-0.25, -0.2) is 14.4 Å². The highest BCUT2D eigenvalue weighted by molar-refractivity contribution is 5.94. The van der Waals surface area contributed by atoms with Crippen molar-refractivity contribution in [2.75, 3.05) is 38.6 Å². The molecule has 1 fully saturated rings. The molecule has 3 aromatic rings.